The zero-order valence-electron chi connectivity index (χ0n) is 11.0. The normalized spacial score (nSPS) is 31.3. The van der Waals surface area contributed by atoms with Crippen molar-refractivity contribution >= 4 is 11.9 Å². The summed E-state index contributed by atoms with van der Waals surface area (Å²) in [6.07, 6.45) is 6.16. The molecule has 4 nitrogen and oxygen atoms in total. The molecule has 1 amide bonds. The smallest absolute Gasteiger partial charge is 0.303 e. The number of carboxylic acid groups (broad SMARTS) is 1. The van der Waals surface area contributed by atoms with E-state index >= 15 is 0 Å². The van der Waals surface area contributed by atoms with Gasteiger partial charge in [-0.2, -0.15) is 0 Å². The van der Waals surface area contributed by atoms with Crippen LogP contribution in [0.5, 0.6) is 0 Å². The van der Waals surface area contributed by atoms with Crippen molar-refractivity contribution in [2.24, 2.45) is 17.8 Å². The highest BCUT2D eigenvalue weighted by Crippen LogP contribution is 2.49. The van der Waals surface area contributed by atoms with Gasteiger partial charge in [0.15, 0.2) is 0 Å². The molecule has 0 unspecified atom stereocenters. The van der Waals surface area contributed by atoms with Gasteiger partial charge in [-0.1, -0.05) is 6.42 Å². The molecule has 0 spiro atoms. The molecule has 2 fully saturated rings. The number of amides is 1. The van der Waals surface area contributed by atoms with Crippen LogP contribution in [0.1, 0.15) is 51.9 Å². The molecule has 102 valence electrons. The van der Waals surface area contributed by atoms with Crippen LogP contribution < -0.4 is 5.32 Å². The Morgan fingerprint density at radius 3 is 2.61 bits per heavy atom. The summed E-state index contributed by atoms with van der Waals surface area (Å²) in [7, 11) is 0. The molecular weight excluding hydrogens is 230 g/mol. The summed E-state index contributed by atoms with van der Waals surface area (Å²) in [6, 6.07) is 0.248. The highest BCUT2D eigenvalue weighted by molar-refractivity contribution is 5.77. The molecule has 0 heterocycles. The van der Waals surface area contributed by atoms with E-state index in [0.29, 0.717) is 18.8 Å². The maximum atomic E-state index is 11.7. The minimum atomic E-state index is -0.830. The van der Waals surface area contributed by atoms with Crippen molar-refractivity contribution in [3.63, 3.8) is 0 Å². The fraction of sp³-hybridized carbons (Fsp3) is 0.857. The summed E-state index contributed by atoms with van der Waals surface area (Å²) >= 11 is 0. The van der Waals surface area contributed by atoms with Crippen LogP contribution in [-0.2, 0) is 9.59 Å². The highest BCUT2D eigenvalue weighted by Gasteiger charge is 2.41. The van der Waals surface area contributed by atoms with Crippen molar-refractivity contribution in [2.75, 3.05) is 0 Å². The summed E-state index contributed by atoms with van der Waals surface area (Å²) in [5, 5.41) is 11.6. The number of hydrogen-bond donors (Lipinski definition) is 2. The number of carbonyl (C=O) groups is 2. The van der Waals surface area contributed by atoms with Crippen LogP contribution in [0, 0.1) is 17.8 Å². The van der Waals surface area contributed by atoms with Gasteiger partial charge in [-0.05, 0) is 50.4 Å². The van der Waals surface area contributed by atoms with Crippen LogP contribution in [0.4, 0.5) is 0 Å². The molecule has 0 aromatic heterocycles. The first-order valence-electron chi connectivity index (χ1n) is 7.07. The minimum absolute atomic E-state index is 0.00604. The zero-order valence-corrected chi connectivity index (χ0v) is 11.0. The molecule has 2 N–H and O–H groups in total. The zero-order chi connectivity index (χ0) is 13.1. The van der Waals surface area contributed by atoms with Gasteiger partial charge < -0.3 is 10.4 Å². The van der Waals surface area contributed by atoms with E-state index in [4.69, 9.17) is 5.11 Å². The second-order valence-electron chi connectivity index (χ2n) is 5.94. The number of rotatable bonds is 6. The van der Waals surface area contributed by atoms with E-state index in [9.17, 15) is 9.59 Å². The number of aliphatic carboxylic acids is 1. The van der Waals surface area contributed by atoms with Gasteiger partial charge in [-0.25, -0.2) is 0 Å². The number of fused-ring (bicyclic) bond motifs is 2. The van der Waals surface area contributed by atoms with Gasteiger partial charge in [0.05, 0.1) is 0 Å². The number of hydrogen-bond acceptors (Lipinski definition) is 2. The topological polar surface area (TPSA) is 66.4 Å². The first kappa shape index (κ1) is 13.4. The number of nitrogens with one attached hydrogen (secondary N) is 1. The molecule has 2 aliphatic rings. The van der Waals surface area contributed by atoms with Crippen molar-refractivity contribution < 1.29 is 14.7 Å². The van der Waals surface area contributed by atoms with Gasteiger partial charge >= 0.3 is 5.97 Å². The summed E-state index contributed by atoms with van der Waals surface area (Å²) < 4.78 is 0. The summed E-state index contributed by atoms with van der Waals surface area (Å²) in [5.74, 6) is 1.53. The Morgan fingerprint density at radius 1 is 1.28 bits per heavy atom. The molecule has 0 saturated heterocycles. The Hall–Kier alpha value is -1.06. The lowest BCUT2D eigenvalue weighted by Gasteiger charge is -2.28. The van der Waals surface area contributed by atoms with Crippen molar-refractivity contribution in [3.8, 4) is 0 Å². The molecule has 2 aliphatic carbocycles. The standard InChI is InChI=1S/C14H23NO3/c1-9(12-8-10-5-6-11(12)7-10)15-13(16)3-2-4-14(17)18/h9-12H,2-8H2,1H3,(H,15,16)(H,17,18)/t9-,10-,11-,12+/m1/s1. The van der Waals surface area contributed by atoms with Crippen LogP contribution in [0.2, 0.25) is 0 Å². The molecule has 2 bridgehead atoms. The molecule has 4 heteroatoms. The monoisotopic (exact) mass is 253 g/mol. The third-order valence-corrected chi connectivity index (χ3v) is 4.62. The summed E-state index contributed by atoms with van der Waals surface area (Å²) in [5.41, 5.74) is 0. The average Bonchev–Trinajstić information content (AvgIpc) is 2.89. The Labute approximate surface area is 108 Å². The third-order valence-electron chi connectivity index (χ3n) is 4.62. The predicted molar refractivity (Wildman–Crippen MR) is 68.0 cm³/mol. The van der Waals surface area contributed by atoms with Crippen LogP contribution in [0.3, 0.4) is 0 Å². The molecule has 18 heavy (non-hydrogen) atoms. The SMILES string of the molecule is C[C@@H](NC(=O)CCCC(=O)O)[C@@H]1C[C@@H]2CC[C@@H]1C2. The highest BCUT2D eigenvalue weighted by atomic mass is 16.4. The van der Waals surface area contributed by atoms with E-state index in [1.54, 1.807) is 0 Å². The largest absolute Gasteiger partial charge is 0.481 e. The Balaban J connectivity index is 1.69. The van der Waals surface area contributed by atoms with Gasteiger partial charge in [-0.15, -0.1) is 0 Å². The van der Waals surface area contributed by atoms with E-state index in [0.717, 1.165) is 11.8 Å². The quantitative estimate of drug-likeness (QED) is 0.762. The van der Waals surface area contributed by atoms with Gasteiger partial charge in [0, 0.05) is 18.9 Å². The second kappa shape index (κ2) is 5.72. The van der Waals surface area contributed by atoms with Crippen molar-refractivity contribution in [3.05, 3.63) is 0 Å². The first-order valence-corrected chi connectivity index (χ1v) is 7.07. The number of carbonyl (C=O) groups excluding carboxylic acids is 1. The van der Waals surface area contributed by atoms with Crippen molar-refractivity contribution in [1.82, 2.24) is 5.32 Å². The van der Waals surface area contributed by atoms with E-state index < -0.39 is 5.97 Å². The summed E-state index contributed by atoms with van der Waals surface area (Å²) in [6.45, 7) is 2.10. The maximum absolute atomic E-state index is 11.7. The predicted octanol–water partition coefficient (Wildman–Crippen LogP) is 2.18. The molecule has 4 atom stereocenters. The lowest BCUT2D eigenvalue weighted by molar-refractivity contribution is -0.137. The Morgan fingerprint density at radius 2 is 2.06 bits per heavy atom. The lowest BCUT2D eigenvalue weighted by Crippen LogP contribution is -2.40. The van der Waals surface area contributed by atoms with Gasteiger partial charge in [0.1, 0.15) is 0 Å². The maximum Gasteiger partial charge on any atom is 0.303 e. The first-order chi connectivity index (χ1) is 8.56. The van der Waals surface area contributed by atoms with Gasteiger partial charge in [-0.3, -0.25) is 9.59 Å². The number of carboxylic acids is 1. The summed E-state index contributed by atoms with van der Waals surface area (Å²) in [4.78, 5) is 22.1. The van der Waals surface area contributed by atoms with Crippen molar-refractivity contribution in [1.29, 1.82) is 0 Å². The van der Waals surface area contributed by atoms with Crippen molar-refractivity contribution in [2.45, 2.75) is 57.9 Å². The molecule has 2 rings (SSSR count). The molecular formula is C14H23NO3. The fourth-order valence-electron chi connectivity index (χ4n) is 3.74. The Bertz CT molecular complexity index is 329. The lowest BCUT2D eigenvalue weighted by atomic mass is 9.84. The van der Waals surface area contributed by atoms with Crippen LogP contribution >= 0.6 is 0 Å². The van der Waals surface area contributed by atoms with Crippen LogP contribution in [-0.4, -0.2) is 23.0 Å². The Kier molecular flexibility index (Phi) is 4.25. The van der Waals surface area contributed by atoms with Gasteiger partial charge in [0.25, 0.3) is 0 Å². The van der Waals surface area contributed by atoms with Crippen LogP contribution in [0.15, 0.2) is 0 Å². The van der Waals surface area contributed by atoms with E-state index in [1.165, 1.54) is 25.7 Å². The second-order valence-corrected chi connectivity index (χ2v) is 5.94. The molecule has 0 aliphatic heterocycles. The minimum Gasteiger partial charge on any atom is -0.481 e. The molecule has 2 saturated carbocycles. The van der Waals surface area contributed by atoms with E-state index in [-0.39, 0.29) is 18.4 Å². The molecule has 0 radical (unpaired) electrons. The molecule has 0 aromatic carbocycles. The third kappa shape index (κ3) is 3.24. The van der Waals surface area contributed by atoms with E-state index in [1.807, 2.05) is 0 Å². The fourth-order valence-corrected chi connectivity index (χ4v) is 3.74. The van der Waals surface area contributed by atoms with Gasteiger partial charge in [0.2, 0.25) is 5.91 Å². The average molecular weight is 253 g/mol. The molecule has 0 aromatic rings. The van der Waals surface area contributed by atoms with Crippen LogP contribution in [0.25, 0.3) is 0 Å². The van der Waals surface area contributed by atoms with E-state index in [2.05, 4.69) is 12.2 Å².